The van der Waals surface area contributed by atoms with E-state index < -0.39 is 0 Å². The number of aryl methyl sites for hydroxylation is 1. The molecule has 0 aliphatic rings. The molecule has 8 heteroatoms. The normalized spacial score (nSPS) is 11.0. The summed E-state index contributed by atoms with van der Waals surface area (Å²) in [6.07, 6.45) is 1.71. The van der Waals surface area contributed by atoms with Gasteiger partial charge in [-0.2, -0.15) is 5.10 Å². The lowest BCUT2D eigenvalue weighted by molar-refractivity contribution is 0.284. The second kappa shape index (κ2) is 10.7. The molecule has 3 aromatic carbocycles. The number of methoxy groups -OCH3 is 1. The van der Waals surface area contributed by atoms with Crippen LogP contribution >= 0.6 is 34.5 Å². The summed E-state index contributed by atoms with van der Waals surface area (Å²) < 4.78 is 11.4. The van der Waals surface area contributed by atoms with Gasteiger partial charge in [0.2, 0.25) is 5.13 Å². The maximum absolute atomic E-state index is 6.07. The Morgan fingerprint density at radius 2 is 1.82 bits per heavy atom. The van der Waals surface area contributed by atoms with Gasteiger partial charge in [-0.3, -0.25) is 5.43 Å². The SMILES string of the molecule is COc1cc(C=NNc2nc(-c3ccccc3)c(C)s2)ccc1OCc1ccc(Cl)c(Cl)c1. The highest BCUT2D eigenvalue weighted by molar-refractivity contribution is 7.16. The average Bonchev–Trinajstić information content (AvgIpc) is 3.21. The Labute approximate surface area is 206 Å². The van der Waals surface area contributed by atoms with Crippen molar-refractivity contribution < 1.29 is 9.47 Å². The highest BCUT2D eigenvalue weighted by atomic mass is 35.5. The molecule has 5 nitrogen and oxygen atoms in total. The van der Waals surface area contributed by atoms with E-state index in [-0.39, 0.29) is 0 Å². The number of hydrazone groups is 1. The number of nitrogens with one attached hydrogen (secondary N) is 1. The first kappa shape index (κ1) is 23.1. The molecular formula is C25H21Cl2N3O2S. The number of ether oxygens (including phenoxy) is 2. The zero-order valence-corrected chi connectivity index (χ0v) is 20.3. The molecule has 0 aliphatic heterocycles. The summed E-state index contributed by atoms with van der Waals surface area (Å²) in [5, 5.41) is 6.07. The fourth-order valence-corrected chi connectivity index (χ4v) is 4.25. The number of thiazole rings is 1. The van der Waals surface area contributed by atoms with Crippen LogP contribution in [0.2, 0.25) is 10.0 Å². The van der Waals surface area contributed by atoms with Crippen molar-refractivity contribution in [2.24, 2.45) is 5.10 Å². The summed E-state index contributed by atoms with van der Waals surface area (Å²) in [4.78, 5) is 5.78. The van der Waals surface area contributed by atoms with Crippen LogP contribution in [0.4, 0.5) is 5.13 Å². The minimum Gasteiger partial charge on any atom is -0.493 e. The van der Waals surface area contributed by atoms with Gasteiger partial charge in [0.05, 0.1) is 29.1 Å². The topological polar surface area (TPSA) is 55.7 Å². The second-order valence-corrected chi connectivity index (χ2v) is 9.12. The predicted molar refractivity (Wildman–Crippen MR) is 137 cm³/mol. The number of halogens is 2. The van der Waals surface area contributed by atoms with E-state index in [1.807, 2.05) is 54.6 Å². The lowest BCUT2D eigenvalue weighted by Gasteiger charge is -2.11. The molecular weight excluding hydrogens is 477 g/mol. The molecule has 0 radical (unpaired) electrons. The Hall–Kier alpha value is -3.06. The largest absolute Gasteiger partial charge is 0.493 e. The minimum atomic E-state index is 0.343. The Bertz CT molecular complexity index is 1280. The van der Waals surface area contributed by atoms with Crippen LogP contribution in [0.15, 0.2) is 71.8 Å². The number of benzene rings is 3. The molecule has 0 amide bonds. The molecule has 0 aliphatic carbocycles. The maximum Gasteiger partial charge on any atom is 0.204 e. The van der Waals surface area contributed by atoms with Gasteiger partial charge in [-0.15, -0.1) is 11.3 Å². The summed E-state index contributed by atoms with van der Waals surface area (Å²) >= 11 is 13.6. The van der Waals surface area contributed by atoms with E-state index in [0.717, 1.165) is 32.4 Å². The van der Waals surface area contributed by atoms with E-state index in [4.69, 9.17) is 32.7 Å². The first-order valence-electron chi connectivity index (χ1n) is 10.1. The summed E-state index contributed by atoms with van der Waals surface area (Å²) in [6, 6.07) is 21.1. The highest BCUT2D eigenvalue weighted by Crippen LogP contribution is 2.31. The third-order valence-corrected chi connectivity index (χ3v) is 6.40. The first-order chi connectivity index (χ1) is 16.0. The Morgan fingerprint density at radius 1 is 1.00 bits per heavy atom. The van der Waals surface area contributed by atoms with Crippen LogP contribution in [-0.4, -0.2) is 18.3 Å². The molecule has 4 rings (SSSR count). The van der Waals surface area contributed by atoms with Crippen molar-refractivity contribution in [3.63, 3.8) is 0 Å². The highest BCUT2D eigenvalue weighted by Gasteiger charge is 2.09. The quantitative estimate of drug-likeness (QED) is 0.202. The van der Waals surface area contributed by atoms with Gasteiger partial charge in [0.1, 0.15) is 6.61 Å². The lowest BCUT2D eigenvalue weighted by Crippen LogP contribution is -1.99. The molecule has 0 saturated carbocycles. The van der Waals surface area contributed by atoms with Crippen LogP contribution in [0.1, 0.15) is 16.0 Å². The van der Waals surface area contributed by atoms with Gasteiger partial charge in [-0.25, -0.2) is 4.98 Å². The van der Waals surface area contributed by atoms with Crippen LogP contribution in [0.25, 0.3) is 11.3 Å². The van der Waals surface area contributed by atoms with Crippen LogP contribution in [0.3, 0.4) is 0 Å². The molecule has 1 N–H and O–H groups in total. The number of aromatic nitrogens is 1. The molecule has 0 unspecified atom stereocenters. The van der Waals surface area contributed by atoms with Crippen molar-refractivity contribution in [3.05, 3.63) is 92.8 Å². The van der Waals surface area contributed by atoms with Gasteiger partial charge < -0.3 is 9.47 Å². The second-order valence-electron chi connectivity index (χ2n) is 7.11. The van der Waals surface area contributed by atoms with E-state index in [1.54, 1.807) is 36.8 Å². The number of hydrogen-bond donors (Lipinski definition) is 1. The monoisotopic (exact) mass is 497 g/mol. The summed E-state index contributed by atoms with van der Waals surface area (Å²) in [5.41, 5.74) is 6.83. The van der Waals surface area contributed by atoms with E-state index in [9.17, 15) is 0 Å². The van der Waals surface area contributed by atoms with Crippen LogP contribution in [0.5, 0.6) is 11.5 Å². The standard InChI is InChI=1S/C25H21Cl2N3O2S/c1-16-24(19-6-4-3-5-7-19)29-25(33-16)30-28-14-17-9-11-22(23(13-17)31-2)32-15-18-8-10-20(26)21(27)12-18/h3-14H,15H2,1-2H3,(H,29,30). The van der Waals surface area contributed by atoms with E-state index >= 15 is 0 Å². The number of hydrogen-bond acceptors (Lipinski definition) is 6. The van der Waals surface area contributed by atoms with Crippen molar-refractivity contribution >= 4 is 45.9 Å². The van der Waals surface area contributed by atoms with E-state index in [2.05, 4.69) is 22.4 Å². The van der Waals surface area contributed by atoms with Crippen molar-refractivity contribution in [2.75, 3.05) is 12.5 Å². The van der Waals surface area contributed by atoms with Gasteiger partial charge in [0.25, 0.3) is 0 Å². The van der Waals surface area contributed by atoms with Gasteiger partial charge in [-0.05, 0) is 48.4 Å². The molecule has 1 aromatic heterocycles. The van der Waals surface area contributed by atoms with Gasteiger partial charge in [-0.1, -0.05) is 59.6 Å². The lowest BCUT2D eigenvalue weighted by atomic mass is 10.1. The van der Waals surface area contributed by atoms with Gasteiger partial charge in [0, 0.05) is 10.4 Å². The zero-order valence-electron chi connectivity index (χ0n) is 18.0. The van der Waals surface area contributed by atoms with Crippen molar-refractivity contribution in [1.29, 1.82) is 0 Å². The number of rotatable bonds is 8. The third kappa shape index (κ3) is 5.85. The number of anilines is 1. The molecule has 168 valence electrons. The number of nitrogens with zero attached hydrogens (tertiary/aromatic N) is 2. The van der Waals surface area contributed by atoms with E-state index in [1.165, 1.54) is 0 Å². The molecule has 0 spiro atoms. The maximum atomic E-state index is 6.07. The molecule has 4 aromatic rings. The summed E-state index contributed by atoms with van der Waals surface area (Å²) in [7, 11) is 1.60. The predicted octanol–water partition coefficient (Wildman–Crippen LogP) is 7.46. The minimum absolute atomic E-state index is 0.343. The fourth-order valence-electron chi connectivity index (χ4n) is 3.14. The molecule has 0 saturated heterocycles. The fraction of sp³-hybridized carbons (Fsp3) is 0.120. The zero-order chi connectivity index (χ0) is 23.2. The van der Waals surface area contributed by atoms with Crippen LogP contribution < -0.4 is 14.9 Å². The Balaban J connectivity index is 1.41. The van der Waals surface area contributed by atoms with Crippen molar-refractivity contribution in [1.82, 2.24) is 4.98 Å². The van der Waals surface area contributed by atoms with Crippen molar-refractivity contribution in [3.8, 4) is 22.8 Å². The van der Waals surface area contributed by atoms with Crippen LogP contribution in [-0.2, 0) is 6.61 Å². The summed E-state index contributed by atoms with van der Waals surface area (Å²) in [6.45, 7) is 2.39. The van der Waals surface area contributed by atoms with Crippen LogP contribution in [0, 0.1) is 6.92 Å². The molecule has 0 atom stereocenters. The Kier molecular flexibility index (Phi) is 7.50. The molecule has 33 heavy (non-hydrogen) atoms. The van der Waals surface area contributed by atoms with E-state index in [0.29, 0.717) is 28.2 Å². The molecule has 0 fully saturated rings. The smallest absolute Gasteiger partial charge is 0.204 e. The Morgan fingerprint density at radius 3 is 2.58 bits per heavy atom. The average molecular weight is 498 g/mol. The van der Waals surface area contributed by atoms with Crippen molar-refractivity contribution in [2.45, 2.75) is 13.5 Å². The molecule has 1 heterocycles. The van der Waals surface area contributed by atoms with Gasteiger partial charge in [0.15, 0.2) is 11.5 Å². The third-order valence-electron chi connectivity index (χ3n) is 4.78. The van der Waals surface area contributed by atoms with Gasteiger partial charge >= 0.3 is 0 Å². The molecule has 0 bridgehead atoms. The first-order valence-corrected chi connectivity index (χ1v) is 11.7. The summed E-state index contributed by atoms with van der Waals surface area (Å²) in [5.74, 6) is 1.23.